The smallest absolute Gasteiger partial charge is 0.312 e. The Morgan fingerprint density at radius 2 is 1.88 bits per heavy atom. The average molecular weight is 475 g/mol. The van der Waals surface area contributed by atoms with E-state index in [1.165, 1.54) is 6.26 Å². The molecular weight excluding hydrogens is 440 g/mol. The molecule has 0 unspecified atom stereocenters. The second-order valence-corrected chi connectivity index (χ2v) is 14.6. The van der Waals surface area contributed by atoms with E-state index in [1.54, 1.807) is 39.2 Å². The number of ether oxygens (including phenoxy) is 3. The zero-order valence-corrected chi connectivity index (χ0v) is 21.2. The van der Waals surface area contributed by atoms with Crippen molar-refractivity contribution in [3.63, 3.8) is 0 Å². The highest BCUT2D eigenvalue weighted by atomic mass is 28.3. The molecule has 0 amide bonds. The number of esters is 1. The Labute approximate surface area is 196 Å². The van der Waals surface area contributed by atoms with E-state index in [2.05, 4.69) is 19.6 Å². The number of hydrogen-bond donors (Lipinski definition) is 1. The number of aliphatic hydroxyl groups is 1. The number of furan rings is 1. The highest BCUT2D eigenvalue weighted by molar-refractivity contribution is 6.88. The normalized spacial score (nSPS) is 25.7. The number of hydrogen-bond acceptors (Lipinski definition) is 7. The molecule has 8 heteroatoms. The van der Waals surface area contributed by atoms with Crippen LogP contribution in [-0.2, 0) is 31.3 Å². The predicted molar refractivity (Wildman–Crippen MR) is 126 cm³/mol. The molecule has 0 spiro atoms. The minimum Gasteiger partial charge on any atom is -0.497 e. The highest BCUT2D eigenvalue weighted by Crippen LogP contribution is 2.45. The third kappa shape index (κ3) is 4.93. The molecule has 3 rings (SSSR count). The molecule has 33 heavy (non-hydrogen) atoms. The lowest BCUT2D eigenvalue weighted by Crippen LogP contribution is -2.61. The summed E-state index contributed by atoms with van der Waals surface area (Å²) in [5.41, 5.74) is -0.639. The summed E-state index contributed by atoms with van der Waals surface area (Å²) in [5, 5.41) is 12.9. The van der Waals surface area contributed by atoms with E-state index in [0.29, 0.717) is 16.7 Å². The van der Waals surface area contributed by atoms with Crippen LogP contribution in [0, 0.1) is 11.8 Å². The number of methoxy groups -OCH3 is 1. The van der Waals surface area contributed by atoms with Gasteiger partial charge in [-0.25, -0.2) is 0 Å². The lowest BCUT2D eigenvalue weighted by Gasteiger charge is -2.45. The SMILES string of the molecule is CCOC(=O)[C@@H]1C[C@H](C)C(=O)[C@H](OCc2ccc(OC)cc2)[C@@]1(O)c1ccoc1[Si](C)(C)C. The Morgan fingerprint density at radius 1 is 1.21 bits per heavy atom. The second kappa shape index (κ2) is 9.83. The van der Waals surface area contributed by atoms with Gasteiger partial charge in [-0.2, -0.15) is 0 Å². The van der Waals surface area contributed by atoms with Crippen molar-refractivity contribution in [3.8, 4) is 5.75 Å². The molecule has 0 saturated heterocycles. The van der Waals surface area contributed by atoms with Crippen molar-refractivity contribution in [2.24, 2.45) is 11.8 Å². The molecule has 7 nitrogen and oxygen atoms in total. The lowest BCUT2D eigenvalue weighted by atomic mass is 9.66. The summed E-state index contributed by atoms with van der Waals surface area (Å²) in [7, 11) is -0.478. The summed E-state index contributed by atoms with van der Waals surface area (Å²) in [6.07, 6.45) is 0.435. The number of Topliss-reactive ketones (excluding diaryl/α,β-unsaturated/α-hetero) is 1. The predicted octanol–water partition coefficient (Wildman–Crippen LogP) is 3.39. The minimum atomic E-state index is -2.07. The first-order valence-electron chi connectivity index (χ1n) is 11.3. The van der Waals surface area contributed by atoms with E-state index in [4.69, 9.17) is 18.6 Å². The molecule has 0 bridgehead atoms. The van der Waals surface area contributed by atoms with Crippen LogP contribution in [-0.4, -0.2) is 44.8 Å². The van der Waals surface area contributed by atoms with Crippen molar-refractivity contribution >= 4 is 25.2 Å². The Hall–Kier alpha value is -2.42. The van der Waals surface area contributed by atoms with Gasteiger partial charge in [-0.3, -0.25) is 9.59 Å². The van der Waals surface area contributed by atoms with Gasteiger partial charge in [0.05, 0.1) is 37.9 Å². The molecule has 2 aromatic rings. The number of benzene rings is 1. The van der Waals surface area contributed by atoms with Crippen molar-refractivity contribution in [1.29, 1.82) is 0 Å². The third-order valence-corrected chi connectivity index (χ3v) is 7.94. The number of ketones is 1. The molecule has 1 aliphatic carbocycles. The summed E-state index contributed by atoms with van der Waals surface area (Å²) in [6.45, 7) is 9.99. The zero-order chi connectivity index (χ0) is 24.4. The monoisotopic (exact) mass is 474 g/mol. The lowest BCUT2D eigenvalue weighted by molar-refractivity contribution is -0.199. The van der Waals surface area contributed by atoms with Gasteiger partial charge in [0.1, 0.15) is 19.4 Å². The fourth-order valence-corrected chi connectivity index (χ4v) is 5.98. The first-order chi connectivity index (χ1) is 15.5. The highest BCUT2D eigenvalue weighted by Gasteiger charge is 2.59. The molecule has 1 aromatic heterocycles. The van der Waals surface area contributed by atoms with Gasteiger partial charge in [0, 0.05) is 11.5 Å². The molecule has 1 heterocycles. The van der Waals surface area contributed by atoms with Gasteiger partial charge in [-0.15, -0.1) is 0 Å². The molecule has 1 saturated carbocycles. The zero-order valence-electron chi connectivity index (χ0n) is 20.2. The molecule has 1 aromatic carbocycles. The van der Waals surface area contributed by atoms with Crippen LogP contribution in [0.1, 0.15) is 31.4 Å². The maximum absolute atomic E-state index is 13.4. The molecule has 0 aliphatic heterocycles. The van der Waals surface area contributed by atoms with E-state index >= 15 is 0 Å². The van der Waals surface area contributed by atoms with Crippen molar-refractivity contribution < 1.29 is 33.3 Å². The number of rotatable bonds is 8. The molecule has 1 N–H and O–H groups in total. The maximum atomic E-state index is 13.4. The van der Waals surface area contributed by atoms with Gasteiger partial charge >= 0.3 is 5.97 Å². The summed E-state index contributed by atoms with van der Waals surface area (Å²) in [4.78, 5) is 26.4. The molecule has 1 fully saturated rings. The molecule has 4 atom stereocenters. The van der Waals surface area contributed by atoms with Gasteiger partial charge in [-0.05, 0) is 37.1 Å². The largest absolute Gasteiger partial charge is 0.497 e. The Morgan fingerprint density at radius 3 is 2.45 bits per heavy atom. The van der Waals surface area contributed by atoms with Crippen LogP contribution in [0.5, 0.6) is 5.75 Å². The summed E-state index contributed by atoms with van der Waals surface area (Å²) in [5.74, 6) is -1.51. The van der Waals surface area contributed by atoms with Gasteiger partial charge in [-0.1, -0.05) is 38.7 Å². The van der Waals surface area contributed by atoms with E-state index in [-0.39, 0.29) is 25.4 Å². The van der Waals surface area contributed by atoms with Gasteiger partial charge in [0.25, 0.3) is 0 Å². The standard InChI is InChI=1S/C25H34O7Si/c1-7-30-23(27)20-14-16(2)21(26)22(32-15-17-8-10-18(29-3)11-9-17)25(20,28)19-12-13-31-24(19)33(4,5)6/h8-13,16,20,22,28H,7,14-15H2,1-6H3/t16-,20-,22-,25+/m0/s1. The minimum absolute atomic E-state index is 0.0884. The second-order valence-electron chi connectivity index (χ2n) is 9.62. The summed E-state index contributed by atoms with van der Waals surface area (Å²) >= 11 is 0. The van der Waals surface area contributed by atoms with Crippen molar-refractivity contribution in [3.05, 3.63) is 47.7 Å². The van der Waals surface area contributed by atoms with Crippen LogP contribution < -0.4 is 10.1 Å². The summed E-state index contributed by atoms with van der Waals surface area (Å²) in [6, 6.07) is 8.94. The van der Waals surface area contributed by atoms with Crippen LogP contribution in [0.25, 0.3) is 0 Å². The average Bonchev–Trinajstić information content (AvgIpc) is 3.28. The van der Waals surface area contributed by atoms with E-state index < -0.39 is 37.6 Å². The van der Waals surface area contributed by atoms with Gasteiger partial charge in [0.2, 0.25) is 0 Å². The Kier molecular flexibility index (Phi) is 7.51. The fourth-order valence-electron chi connectivity index (χ4n) is 4.47. The quantitative estimate of drug-likeness (QED) is 0.463. The fraction of sp³-hybridized carbons (Fsp3) is 0.520. The Bertz CT molecular complexity index is 975. The van der Waals surface area contributed by atoms with Crippen molar-refractivity contribution in [2.75, 3.05) is 13.7 Å². The Balaban J connectivity index is 2.06. The molecule has 0 radical (unpaired) electrons. The third-order valence-electron chi connectivity index (χ3n) is 6.19. The topological polar surface area (TPSA) is 95.2 Å². The molecule has 1 aliphatic rings. The summed E-state index contributed by atoms with van der Waals surface area (Å²) < 4.78 is 22.4. The first-order valence-corrected chi connectivity index (χ1v) is 14.8. The van der Waals surface area contributed by atoms with Gasteiger partial charge < -0.3 is 23.7 Å². The van der Waals surface area contributed by atoms with E-state index in [1.807, 2.05) is 12.1 Å². The van der Waals surface area contributed by atoms with E-state index in [9.17, 15) is 14.7 Å². The number of carbonyl (C=O) groups is 2. The van der Waals surface area contributed by atoms with Crippen LogP contribution >= 0.6 is 0 Å². The van der Waals surface area contributed by atoms with Crippen LogP contribution in [0.15, 0.2) is 41.0 Å². The van der Waals surface area contributed by atoms with E-state index in [0.717, 1.165) is 5.56 Å². The molecule has 180 valence electrons. The maximum Gasteiger partial charge on any atom is 0.312 e. The van der Waals surface area contributed by atoms with Crippen LogP contribution in [0.3, 0.4) is 0 Å². The van der Waals surface area contributed by atoms with Crippen LogP contribution in [0.4, 0.5) is 0 Å². The van der Waals surface area contributed by atoms with Crippen LogP contribution in [0.2, 0.25) is 19.6 Å². The van der Waals surface area contributed by atoms with Crippen molar-refractivity contribution in [2.45, 2.75) is 58.2 Å². The number of carbonyl (C=O) groups excluding carboxylic acids is 2. The first kappa shape index (κ1) is 25.2. The van der Waals surface area contributed by atoms with Crippen molar-refractivity contribution in [1.82, 2.24) is 0 Å². The van der Waals surface area contributed by atoms with Gasteiger partial charge in [0.15, 0.2) is 11.9 Å². The molecular formula is C25H34O7Si.